The molecule has 27 heavy (non-hydrogen) atoms. The topological polar surface area (TPSA) is 82.5 Å². The summed E-state index contributed by atoms with van der Waals surface area (Å²) in [5.74, 6) is -0.302. The summed E-state index contributed by atoms with van der Waals surface area (Å²) in [6.07, 6.45) is 1.68. The van der Waals surface area contributed by atoms with Crippen molar-refractivity contribution >= 4 is 40.1 Å². The van der Waals surface area contributed by atoms with Gasteiger partial charge in [0.2, 0.25) is 0 Å². The van der Waals surface area contributed by atoms with Gasteiger partial charge in [-0.05, 0) is 54.6 Å². The van der Waals surface area contributed by atoms with Crippen molar-refractivity contribution < 1.29 is 13.6 Å². The van der Waals surface area contributed by atoms with Crippen molar-refractivity contribution in [2.75, 3.05) is 16.7 Å². The Hall–Kier alpha value is -2.74. The van der Waals surface area contributed by atoms with Crippen LogP contribution in [0.1, 0.15) is 10.4 Å². The van der Waals surface area contributed by atoms with Gasteiger partial charge in [0.1, 0.15) is 0 Å². The number of aromatic nitrogens is 1. The summed E-state index contributed by atoms with van der Waals surface area (Å²) in [5.41, 5.74) is 2.96. The first-order valence-electron chi connectivity index (χ1n) is 7.93. The molecule has 3 aromatic rings. The molecule has 0 spiro atoms. The zero-order valence-corrected chi connectivity index (χ0v) is 15.9. The molecule has 1 amide bonds. The fourth-order valence-corrected chi connectivity index (χ4v) is 2.95. The van der Waals surface area contributed by atoms with Gasteiger partial charge in [0.25, 0.3) is 17.2 Å². The normalized spacial score (nSPS) is 11.7. The van der Waals surface area contributed by atoms with E-state index in [1.54, 1.807) is 48.7 Å². The number of carbonyl (C=O) groups excluding carboxylic acids is 1. The fraction of sp³-hybridized carbons (Fsp3) is 0.0526. The van der Waals surface area contributed by atoms with Gasteiger partial charge >= 0.3 is 0 Å². The second kappa shape index (κ2) is 8.30. The third-order valence-electron chi connectivity index (χ3n) is 3.89. The van der Waals surface area contributed by atoms with Crippen LogP contribution in [-0.4, -0.2) is 26.7 Å². The number of pyridine rings is 1. The molecule has 6 nitrogen and oxygen atoms in total. The highest BCUT2D eigenvalue weighted by Gasteiger charge is 2.11. The summed E-state index contributed by atoms with van der Waals surface area (Å²) in [6.45, 7) is 0. The van der Waals surface area contributed by atoms with Gasteiger partial charge in [0.15, 0.2) is 0 Å². The van der Waals surface area contributed by atoms with Gasteiger partial charge in [-0.2, -0.15) is 0 Å². The van der Waals surface area contributed by atoms with Crippen molar-refractivity contribution in [3.05, 3.63) is 77.4 Å². The van der Waals surface area contributed by atoms with E-state index in [0.29, 0.717) is 27.7 Å². The second-order valence-corrected chi connectivity index (χ2v) is 7.06. The number of nitrogens with zero attached hydrogens (tertiary/aromatic N) is 2. The lowest BCUT2D eigenvalue weighted by atomic mass is 10.1. The Kier molecular flexibility index (Phi) is 5.85. The molecule has 0 fully saturated rings. The number of carbonyl (C=O) groups is 1. The number of benzene rings is 2. The first-order valence-corrected chi connectivity index (χ1v) is 9.37. The van der Waals surface area contributed by atoms with E-state index in [-0.39, 0.29) is 5.91 Å². The van der Waals surface area contributed by atoms with Crippen LogP contribution in [0.2, 0.25) is 5.02 Å². The maximum Gasteiger partial charge on any atom is 0.261 e. The number of amides is 1. The van der Waals surface area contributed by atoms with E-state index in [1.807, 2.05) is 18.2 Å². The molecular formula is C19H16ClN3O3S. The van der Waals surface area contributed by atoms with E-state index in [4.69, 9.17) is 16.2 Å². The highest BCUT2D eigenvalue weighted by atomic mass is 35.5. The standard InChI is InChI=1S/C19H16ClN3O3S/c1-23(27(25)26)15-8-5-13(6-9-15)19(24)22-14-7-10-17(20)16(12-14)18-4-2-3-11-21-18/h2-12H,1H3,(H,22,24)(H,25,26). The van der Waals surface area contributed by atoms with Gasteiger partial charge in [-0.3, -0.25) is 18.6 Å². The summed E-state index contributed by atoms with van der Waals surface area (Å²) in [6, 6.07) is 17.1. The fourth-order valence-electron chi connectivity index (χ4n) is 2.44. The van der Waals surface area contributed by atoms with E-state index < -0.39 is 11.3 Å². The summed E-state index contributed by atoms with van der Waals surface area (Å²) < 4.78 is 21.4. The molecule has 0 aliphatic heterocycles. The molecule has 2 N–H and O–H groups in total. The third-order valence-corrected chi connectivity index (χ3v) is 4.90. The van der Waals surface area contributed by atoms with Crippen LogP contribution in [0.5, 0.6) is 0 Å². The van der Waals surface area contributed by atoms with Crippen LogP contribution in [0.25, 0.3) is 11.3 Å². The average Bonchev–Trinajstić information content (AvgIpc) is 2.69. The monoisotopic (exact) mass is 401 g/mol. The number of hydrogen-bond donors (Lipinski definition) is 2. The molecule has 0 aliphatic carbocycles. The number of halogens is 1. The lowest BCUT2D eigenvalue weighted by Gasteiger charge is -2.14. The molecule has 1 aromatic heterocycles. The van der Waals surface area contributed by atoms with Gasteiger partial charge in [0.05, 0.1) is 16.4 Å². The van der Waals surface area contributed by atoms with Gasteiger partial charge < -0.3 is 5.32 Å². The van der Waals surface area contributed by atoms with Crippen molar-refractivity contribution in [1.82, 2.24) is 4.98 Å². The van der Waals surface area contributed by atoms with Crippen LogP contribution >= 0.6 is 11.6 Å². The van der Waals surface area contributed by atoms with Gasteiger partial charge in [-0.1, -0.05) is 17.7 Å². The van der Waals surface area contributed by atoms with Gasteiger partial charge in [0, 0.05) is 30.1 Å². The Labute approximate surface area is 164 Å². The zero-order chi connectivity index (χ0) is 19.4. The molecule has 3 rings (SSSR count). The Balaban J connectivity index is 1.79. The van der Waals surface area contributed by atoms with E-state index >= 15 is 0 Å². The van der Waals surface area contributed by atoms with Crippen molar-refractivity contribution in [2.45, 2.75) is 0 Å². The number of nitrogens with one attached hydrogen (secondary N) is 1. The summed E-state index contributed by atoms with van der Waals surface area (Å²) in [5, 5.41) is 3.36. The maximum atomic E-state index is 12.5. The van der Waals surface area contributed by atoms with Crippen LogP contribution in [0, 0.1) is 0 Å². The van der Waals surface area contributed by atoms with Crippen LogP contribution in [0.4, 0.5) is 11.4 Å². The Morgan fingerprint density at radius 1 is 1.15 bits per heavy atom. The highest BCUT2D eigenvalue weighted by Crippen LogP contribution is 2.29. The quantitative estimate of drug-likeness (QED) is 0.627. The third kappa shape index (κ3) is 4.51. The molecule has 0 saturated carbocycles. The van der Waals surface area contributed by atoms with Crippen LogP contribution in [0.3, 0.4) is 0 Å². The molecule has 8 heteroatoms. The summed E-state index contributed by atoms with van der Waals surface area (Å²) >= 11 is 4.14. The molecule has 0 radical (unpaired) electrons. The molecule has 0 aliphatic rings. The van der Waals surface area contributed by atoms with E-state index in [9.17, 15) is 9.00 Å². The predicted molar refractivity (Wildman–Crippen MR) is 108 cm³/mol. The maximum absolute atomic E-state index is 12.5. The van der Waals surface area contributed by atoms with Crippen molar-refractivity contribution in [2.24, 2.45) is 0 Å². The lowest BCUT2D eigenvalue weighted by molar-refractivity contribution is 0.102. The minimum absolute atomic E-state index is 0.302. The molecule has 0 bridgehead atoms. The average molecular weight is 402 g/mol. The molecular weight excluding hydrogens is 386 g/mol. The van der Waals surface area contributed by atoms with Crippen molar-refractivity contribution in [1.29, 1.82) is 0 Å². The molecule has 2 aromatic carbocycles. The predicted octanol–water partition coefficient (Wildman–Crippen LogP) is 4.23. The molecule has 0 saturated heterocycles. The molecule has 1 atom stereocenters. The van der Waals surface area contributed by atoms with E-state index in [2.05, 4.69) is 10.3 Å². The van der Waals surface area contributed by atoms with Crippen molar-refractivity contribution in [3.63, 3.8) is 0 Å². The van der Waals surface area contributed by atoms with Crippen LogP contribution in [-0.2, 0) is 11.3 Å². The van der Waals surface area contributed by atoms with E-state index in [0.717, 1.165) is 5.56 Å². The van der Waals surface area contributed by atoms with E-state index in [1.165, 1.54) is 11.4 Å². The zero-order valence-electron chi connectivity index (χ0n) is 14.3. The smallest absolute Gasteiger partial charge is 0.261 e. The Morgan fingerprint density at radius 3 is 2.52 bits per heavy atom. The second-order valence-electron chi connectivity index (χ2n) is 5.64. The molecule has 1 heterocycles. The number of anilines is 2. The lowest BCUT2D eigenvalue weighted by Crippen LogP contribution is -2.19. The van der Waals surface area contributed by atoms with Crippen LogP contribution < -0.4 is 9.62 Å². The Bertz CT molecular complexity index is 981. The first kappa shape index (κ1) is 19.0. The molecule has 138 valence electrons. The highest BCUT2D eigenvalue weighted by molar-refractivity contribution is 7.80. The summed E-state index contributed by atoms with van der Waals surface area (Å²) in [4.78, 5) is 16.8. The van der Waals surface area contributed by atoms with Crippen molar-refractivity contribution in [3.8, 4) is 11.3 Å². The number of hydrogen-bond acceptors (Lipinski definition) is 3. The first-order chi connectivity index (χ1) is 13.0. The minimum atomic E-state index is -2.12. The number of rotatable bonds is 5. The van der Waals surface area contributed by atoms with Gasteiger partial charge in [-0.25, -0.2) is 4.21 Å². The largest absolute Gasteiger partial charge is 0.322 e. The molecule has 1 unspecified atom stereocenters. The SMILES string of the molecule is CN(c1ccc(C(=O)Nc2ccc(Cl)c(-c3ccccn3)c2)cc1)S(=O)O. The summed E-state index contributed by atoms with van der Waals surface area (Å²) in [7, 11) is 1.48. The van der Waals surface area contributed by atoms with Crippen LogP contribution in [0.15, 0.2) is 66.9 Å². The van der Waals surface area contributed by atoms with Gasteiger partial charge in [-0.15, -0.1) is 0 Å². The minimum Gasteiger partial charge on any atom is -0.322 e. The Morgan fingerprint density at radius 2 is 1.89 bits per heavy atom.